The number of carbonyl (C=O) groups excluding carboxylic acids is 2. The molecule has 0 aliphatic carbocycles. The van der Waals surface area contributed by atoms with Crippen LogP contribution in [0.2, 0.25) is 0 Å². The zero-order chi connectivity index (χ0) is 14.3. The van der Waals surface area contributed by atoms with E-state index in [0.717, 1.165) is 4.90 Å². The summed E-state index contributed by atoms with van der Waals surface area (Å²) in [6, 6.07) is 7.95. The van der Waals surface area contributed by atoms with E-state index < -0.39 is 11.9 Å². The molecule has 1 aromatic carbocycles. The molecule has 0 aliphatic heterocycles. The van der Waals surface area contributed by atoms with Crippen LogP contribution in [0, 0.1) is 11.5 Å². The molecule has 0 bridgehead atoms. The van der Waals surface area contributed by atoms with Gasteiger partial charge in [-0.15, -0.1) is 0 Å². The van der Waals surface area contributed by atoms with Crippen molar-refractivity contribution in [3.05, 3.63) is 35.9 Å². The van der Waals surface area contributed by atoms with Crippen LogP contribution in [0.4, 0.5) is 0 Å². The smallest absolute Gasteiger partial charge is 0.258 e. The maximum absolute atomic E-state index is 12.0. The number of thioether (sulfide) groups is 1. The van der Waals surface area contributed by atoms with E-state index in [1.165, 1.54) is 18.8 Å². The summed E-state index contributed by atoms with van der Waals surface area (Å²) in [4.78, 5) is 24.8. The number of nitrogens with zero attached hydrogens (tertiary/aromatic N) is 2. The van der Waals surface area contributed by atoms with Crippen molar-refractivity contribution in [2.75, 3.05) is 19.1 Å². The maximum atomic E-state index is 12.0. The molecule has 1 rings (SSSR count). The highest BCUT2D eigenvalue weighted by molar-refractivity contribution is 7.98. The van der Waals surface area contributed by atoms with E-state index >= 15 is 0 Å². The molecule has 0 saturated carbocycles. The van der Waals surface area contributed by atoms with E-state index in [1.807, 2.05) is 12.3 Å². The molecule has 6 heteroatoms. The highest BCUT2D eigenvalue weighted by Crippen LogP contribution is 2.04. The lowest BCUT2D eigenvalue weighted by molar-refractivity contribution is -0.128. The summed E-state index contributed by atoms with van der Waals surface area (Å²) in [7, 11) is 1.38. The Kier molecular flexibility index (Phi) is 5.90. The third kappa shape index (κ3) is 4.30. The second kappa shape index (κ2) is 7.44. The first kappa shape index (κ1) is 15.1. The van der Waals surface area contributed by atoms with Gasteiger partial charge in [-0.05, 0) is 18.4 Å². The van der Waals surface area contributed by atoms with E-state index in [0.29, 0.717) is 11.3 Å². The first-order valence-electron chi connectivity index (χ1n) is 5.62. The number of carbonyl (C=O) groups is 2. The van der Waals surface area contributed by atoms with Crippen LogP contribution >= 0.6 is 11.8 Å². The van der Waals surface area contributed by atoms with E-state index in [-0.39, 0.29) is 5.91 Å². The zero-order valence-electron chi connectivity index (χ0n) is 10.8. The van der Waals surface area contributed by atoms with Crippen LogP contribution in [0.25, 0.3) is 0 Å². The minimum absolute atomic E-state index is 0.320. The van der Waals surface area contributed by atoms with Gasteiger partial charge in [0.2, 0.25) is 0 Å². The molecule has 0 fully saturated rings. The van der Waals surface area contributed by atoms with Gasteiger partial charge in [0.25, 0.3) is 11.8 Å². The first-order valence-corrected chi connectivity index (χ1v) is 7.01. The van der Waals surface area contributed by atoms with Gasteiger partial charge in [-0.25, -0.2) is 0 Å². The fourth-order valence-electron chi connectivity index (χ4n) is 1.46. The molecule has 0 radical (unpaired) electrons. The highest BCUT2D eigenvalue weighted by Gasteiger charge is 2.23. The zero-order valence-corrected chi connectivity index (χ0v) is 11.6. The molecule has 0 saturated heterocycles. The Balaban J connectivity index is 2.77. The summed E-state index contributed by atoms with van der Waals surface area (Å²) >= 11 is 1.43. The Morgan fingerprint density at radius 1 is 1.42 bits per heavy atom. The van der Waals surface area contributed by atoms with Gasteiger partial charge >= 0.3 is 0 Å². The van der Waals surface area contributed by atoms with E-state index in [2.05, 4.69) is 5.32 Å². The highest BCUT2D eigenvalue weighted by atomic mass is 32.2. The van der Waals surface area contributed by atoms with Crippen LogP contribution in [0.3, 0.4) is 0 Å². The third-order valence-corrected chi connectivity index (χ3v) is 3.12. The van der Waals surface area contributed by atoms with Crippen LogP contribution in [0.15, 0.2) is 30.3 Å². The third-order valence-electron chi connectivity index (χ3n) is 2.45. The predicted molar refractivity (Wildman–Crippen MR) is 74.5 cm³/mol. The van der Waals surface area contributed by atoms with Crippen molar-refractivity contribution in [3.63, 3.8) is 0 Å². The molecule has 5 nitrogen and oxygen atoms in total. The Labute approximate surface area is 116 Å². The number of hydrogen-bond donors (Lipinski definition) is 1. The minimum atomic E-state index is -0.702. The van der Waals surface area contributed by atoms with Gasteiger partial charge in [0.1, 0.15) is 6.04 Å². The topological polar surface area (TPSA) is 73.2 Å². The van der Waals surface area contributed by atoms with Crippen molar-refractivity contribution in [2.24, 2.45) is 0 Å². The Morgan fingerprint density at radius 2 is 2.05 bits per heavy atom. The standard InChI is InChI=1S/C13H15N3O2S/c1-16(9-14)13(18)11(8-19-2)15-12(17)10-6-4-3-5-7-10/h3-7,11H,8H2,1-2H3,(H,15,17). The summed E-state index contributed by atoms with van der Waals surface area (Å²) in [5.41, 5.74) is 0.487. The number of hydrogen-bond acceptors (Lipinski definition) is 4. The summed E-state index contributed by atoms with van der Waals surface area (Å²) < 4.78 is 0. The lowest BCUT2D eigenvalue weighted by Gasteiger charge is -2.19. The van der Waals surface area contributed by atoms with Crippen LogP contribution < -0.4 is 5.32 Å². The lowest BCUT2D eigenvalue weighted by Crippen LogP contribution is -2.47. The number of rotatable bonds is 5. The van der Waals surface area contributed by atoms with Gasteiger partial charge in [-0.2, -0.15) is 17.0 Å². The van der Waals surface area contributed by atoms with Crippen molar-refractivity contribution < 1.29 is 9.59 Å². The van der Waals surface area contributed by atoms with Gasteiger partial charge in [-0.1, -0.05) is 18.2 Å². The molecule has 0 aromatic heterocycles. The molecular weight excluding hydrogens is 262 g/mol. The largest absolute Gasteiger partial charge is 0.339 e. The van der Waals surface area contributed by atoms with E-state index in [1.54, 1.807) is 30.5 Å². The Morgan fingerprint density at radius 3 is 2.58 bits per heavy atom. The fourth-order valence-corrected chi connectivity index (χ4v) is 2.01. The first-order chi connectivity index (χ1) is 9.10. The van der Waals surface area contributed by atoms with Crippen LogP contribution in [-0.2, 0) is 4.79 Å². The maximum Gasteiger partial charge on any atom is 0.258 e. The Hall–Kier alpha value is -2.00. The number of nitrogens with one attached hydrogen (secondary N) is 1. The minimum Gasteiger partial charge on any atom is -0.339 e. The second-order valence-electron chi connectivity index (χ2n) is 3.84. The van der Waals surface area contributed by atoms with Gasteiger partial charge in [-0.3, -0.25) is 14.5 Å². The van der Waals surface area contributed by atoms with Crippen molar-refractivity contribution in [1.29, 1.82) is 5.26 Å². The van der Waals surface area contributed by atoms with Crippen LogP contribution in [0.1, 0.15) is 10.4 Å². The monoisotopic (exact) mass is 277 g/mol. The molecular formula is C13H15N3O2S. The number of benzene rings is 1. The lowest BCUT2D eigenvalue weighted by atomic mass is 10.2. The van der Waals surface area contributed by atoms with Crippen molar-refractivity contribution in [2.45, 2.75) is 6.04 Å². The average molecular weight is 277 g/mol. The number of nitriles is 1. The molecule has 1 N–H and O–H groups in total. The molecule has 1 aromatic rings. The molecule has 0 heterocycles. The number of likely N-dealkylation sites (N-methyl/N-ethyl adjacent to an activating group) is 1. The molecule has 2 amide bonds. The molecule has 1 atom stereocenters. The van der Waals surface area contributed by atoms with Gasteiger partial charge < -0.3 is 5.32 Å². The summed E-state index contributed by atoms with van der Waals surface area (Å²) in [6.45, 7) is 0. The quantitative estimate of drug-likeness (QED) is 0.646. The summed E-state index contributed by atoms with van der Waals surface area (Å²) in [6.07, 6.45) is 3.57. The normalized spacial score (nSPS) is 11.2. The van der Waals surface area contributed by atoms with Gasteiger partial charge in [0.05, 0.1) is 0 Å². The molecule has 19 heavy (non-hydrogen) atoms. The molecule has 0 aliphatic rings. The Bertz CT molecular complexity index is 484. The van der Waals surface area contributed by atoms with Crippen molar-refractivity contribution in [3.8, 4) is 6.19 Å². The van der Waals surface area contributed by atoms with E-state index in [9.17, 15) is 9.59 Å². The van der Waals surface area contributed by atoms with Crippen molar-refractivity contribution >= 4 is 23.6 Å². The fraction of sp³-hybridized carbons (Fsp3) is 0.308. The molecule has 100 valence electrons. The van der Waals surface area contributed by atoms with Crippen LogP contribution in [0.5, 0.6) is 0 Å². The predicted octanol–water partition coefficient (Wildman–Crippen LogP) is 1.09. The average Bonchev–Trinajstić information content (AvgIpc) is 2.46. The SMILES string of the molecule is CSCC(NC(=O)c1ccccc1)C(=O)N(C)C#N. The molecule has 1 unspecified atom stereocenters. The van der Waals surface area contributed by atoms with Gasteiger partial charge in [0, 0.05) is 18.4 Å². The molecule has 0 spiro atoms. The van der Waals surface area contributed by atoms with Crippen LogP contribution in [-0.4, -0.2) is 41.8 Å². The van der Waals surface area contributed by atoms with Gasteiger partial charge in [0.15, 0.2) is 6.19 Å². The number of amides is 2. The second-order valence-corrected chi connectivity index (χ2v) is 4.76. The van der Waals surface area contributed by atoms with E-state index in [4.69, 9.17) is 5.26 Å². The van der Waals surface area contributed by atoms with Crippen molar-refractivity contribution in [1.82, 2.24) is 10.2 Å². The summed E-state index contributed by atoms with van der Waals surface area (Å²) in [5, 5.41) is 11.4. The summed E-state index contributed by atoms with van der Waals surface area (Å²) in [5.74, 6) is -0.316.